The maximum absolute atomic E-state index is 4.14. The highest BCUT2D eigenvalue weighted by atomic mass is 32.2. The van der Waals surface area contributed by atoms with Crippen molar-refractivity contribution in [1.29, 1.82) is 0 Å². The number of aromatic nitrogens is 4. The normalized spacial score (nSPS) is 21.7. The number of nitrogens with one attached hydrogen (secondary N) is 1. The van der Waals surface area contributed by atoms with Crippen molar-refractivity contribution in [2.75, 3.05) is 11.5 Å². The molecule has 1 N–H and O–H groups in total. The van der Waals surface area contributed by atoms with Gasteiger partial charge >= 0.3 is 0 Å². The molecule has 1 aliphatic rings. The second-order valence-corrected chi connectivity index (χ2v) is 6.66. The van der Waals surface area contributed by atoms with Gasteiger partial charge in [-0.2, -0.15) is 11.8 Å². The molecule has 96 valence electrons. The minimum absolute atomic E-state index is 0.0953. The number of hydrogen-bond donors (Lipinski definition) is 1. The van der Waals surface area contributed by atoms with Crippen LogP contribution in [0.25, 0.3) is 0 Å². The third kappa shape index (κ3) is 3.67. The van der Waals surface area contributed by atoms with Crippen LogP contribution in [0.15, 0.2) is 0 Å². The summed E-state index contributed by atoms with van der Waals surface area (Å²) in [5.41, 5.74) is 0.0953. The highest BCUT2D eigenvalue weighted by Gasteiger charge is 2.21. The molecular formula is C11H21N5S. The SMILES string of the molecule is CC(C)(C)NCc1nnnn1C1CCCSC1. The topological polar surface area (TPSA) is 55.6 Å². The van der Waals surface area contributed by atoms with E-state index >= 15 is 0 Å². The number of thioether (sulfide) groups is 1. The van der Waals surface area contributed by atoms with Crippen molar-refractivity contribution < 1.29 is 0 Å². The fourth-order valence-electron chi connectivity index (χ4n) is 1.87. The molecule has 0 amide bonds. The highest BCUT2D eigenvalue weighted by Crippen LogP contribution is 2.26. The van der Waals surface area contributed by atoms with Crippen molar-refractivity contribution in [3.8, 4) is 0 Å². The minimum atomic E-state index is 0.0953. The van der Waals surface area contributed by atoms with Crippen LogP contribution in [0.3, 0.4) is 0 Å². The third-order valence-electron chi connectivity index (χ3n) is 2.82. The van der Waals surface area contributed by atoms with E-state index in [9.17, 15) is 0 Å². The van der Waals surface area contributed by atoms with Gasteiger partial charge in [-0.1, -0.05) is 0 Å². The number of hydrogen-bond acceptors (Lipinski definition) is 5. The Kier molecular flexibility index (Phi) is 4.04. The van der Waals surface area contributed by atoms with E-state index in [1.165, 1.54) is 18.6 Å². The lowest BCUT2D eigenvalue weighted by molar-refractivity contribution is 0.385. The van der Waals surface area contributed by atoms with Gasteiger partial charge in [-0.25, -0.2) is 4.68 Å². The Labute approximate surface area is 107 Å². The van der Waals surface area contributed by atoms with Crippen molar-refractivity contribution in [3.05, 3.63) is 5.82 Å². The molecule has 2 rings (SSSR count). The van der Waals surface area contributed by atoms with Crippen molar-refractivity contribution >= 4 is 11.8 Å². The first-order chi connectivity index (χ1) is 8.06. The molecule has 0 radical (unpaired) electrons. The summed E-state index contributed by atoms with van der Waals surface area (Å²) in [7, 11) is 0. The molecule has 2 heterocycles. The van der Waals surface area contributed by atoms with Gasteiger partial charge in [0.1, 0.15) is 0 Å². The fourth-order valence-corrected chi connectivity index (χ4v) is 2.99. The Morgan fingerprint density at radius 1 is 1.47 bits per heavy atom. The molecule has 5 nitrogen and oxygen atoms in total. The monoisotopic (exact) mass is 255 g/mol. The van der Waals surface area contributed by atoms with Gasteiger partial charge in [-0.05, 0) is 49.8 Å². The molecule has 1 aromatic rings. The van der Waals surface area contributed by atoms with Gasteiger partial charge in [0.2, 0.25) is 0 Å². The molecule has 0 spiro atoms. The molecule has 0 aliphatic carbocycles. The summed E-state index contributed by atoms with van der Waals surface area (Å²) >= 11 is 2.00. The van der Waals surface area contributed by atoms with Gasteiger partial charge in [-0.15, -0.1) is 5.10 Å². The maximum atomic E-state index is 4.14. The van der Waals surface area contributed by atoms with Gasteiger partial charge in [0.25, 0.3) is 0 Å². The van der Waals surface area contributed by atoms with E-state index in [0.717, 1.165) is 18.1 Å². The van der Waals surface area contributed by atoms with Crippen LogP contribution in [0.2, 0.25) is 0 Å². The Hall–Kier alpha value is -0.620. The van der Waals surface area contributed by atoms with Gasteiger partial charge in [0.05, 0.1) is 12.6 Å². The molecule has 0 bridgehead atoms. The van der Waals surface area contributed by atoms with E-state index < -0.39 is 0 Å². The molecule has 1 aliphatic heterocycles. The zero-order chi connectivity index (χ0) is 12.3. The first kappa shape index (κ1) is 12.8. The molecule has 1 fully saturated rings. The zero-order valence-electron chi connectivity index (χ0n) is 10.8. The van der Waals surface area contributed by atoms with Gasteiger partial charge in [-0.3, -0.25) is 0 Å². The molecule has 1 unspecified atom stereocenters. The fraction of sp³-hybridized carbons (Fsp3) is 0.909. The van der Waals surface area contributed by atoms with Gasteiger partial charge < -0.3 is 5.32 Å². The molecule has 0 saturated carbocycles. The van der Waals surface area contributed by atoms with Gasteiger partial charge in [0.15, 0.2) is 5.82 Å². The summed E-state index contributed by atoms with van der Waals surface area (Å²) in [4.78, 5) is 0. The number of rotatable bonds is 3. The van der Waals surface area contributed by atoms with Gasteiger partial charge in [0, 0.05) is 11.3 Å². The second kappa shape index (κ2) is 5.35. The predicted octanol–water partition coefficient (Wildman–Crippen LogP) is 1.63. The summed E-state index contributed by atoms with van der Waals surface area (Å²) in [6, 6.07) is 0.473. The first-order valence-electron chi connectivity index (χ1n) is 6.16. The van der Waals surface area contributed by atoms with Crippen LogP contribution in [-0.4, -0.2) is 37.3 Å². The maximum Gasteiger partial charge on any atom is 0.165 e. The average molecular weight is 255 g/mol. The van der Waals surface area contributed by atoms with E-state index in [4.69, 9.17) is 0 Å². The molecule has 1 aromatic heterocycles. The average Bonchev–Trinajstić information content (AvgIpc) is 2.75. The van der Waals surface area contributed by atoms with E-state index in [0.29, 0.717) is 6.04 Å². The van der Waals surface area contributed by atoms with Crippen LogP contribution in [0.4, 0.5) is 0 Å². The molecule has 1 saturated heterocycles. The van der Waals surface area contributed by atoms with Crippen LogP contribution in [0.1, 0.15) is 45.5 Å². The van der Waals surface area contributed by atoms with E-state index in [-0.39, 0.29) is 5.54 Å². The minimum Gasteiger partial charge on any atom is -0.305 e. The molecule has 0 aromatic carbocycles. The largest absolute Gasteiger partial charge is 0.305 e. The smallest absolute Gasteiger partial charge is 0.165 e. The van der Waals surface area contributed by atoms with Crippen LogP contribution < -0.4 is 5.32 Å². The predicted molar refractivity (Wildman–Crippen MR) is 70.0 cm³/mol. The summed E-state index contributed by atoms with van der Waals surface area (Å²) in [6.07, 6.45) is 2.46. The number of nitrogens with zero attached hydrogens (tertiary/aromatic N) is 4. The van der Waals surface area contributed by atoms with E-state index in [1.54, 1.807) is 0 Å². The molecule has 17 heavy (non-hydrogen) atoms. The van der Waals surface area contributed by atoms with Crippen molar-refractivity contribution in [2.45, 2.75) is 51.7 Å². The summed E-state index contributed by atoms with van der Waals surface area (Å²) in [5, 5.41) is 15.5. The quantitative estimate of drug-likeness (QED) is 0.889. The summed E-state index contributed by atoms with van der Waals surface area (Å²) in [6.45, 7) is 7.18. The Balaban J connectivity index is 2.00. The lowest BCUT2D eigenvalue weighted by Crippen LogP contribution is -2.36. The van der Waals surface area contributed by atoms with Crippen LogP contribution >= 0.6 is 11.8 Å². The first-order valence-corrected chi connectivity index (χ1v) is 7.31. The standard InChI is InChI=1S/C11H21N5S/c1-11(2,3)12-7-10-13-14-15-16(10)9-5-4-6-17-8-9/h9,12H,4-8H2,1-3H3. The zero-order valence-corrected chi connectivity index (χ0v) is 11.6. The van der Waals surface area contributed by atoms with Crippen molar-refractivity contribution in [1.82, 2.24) is 25.5 Å². The molecular weight excluding hydrogens is 234 g/mol. The van der Waals surface area contributed by atoms with Crippen molar-refractivity contribution in [2.24, 2.45) is 0 Å². The lowest BCUT2D eigenvalue weighted by atomic mass is 10.1. The highest BCUT2D eigenvalue weighted by molar-refractivity contribution is 7.99. The van der Waals surface area contributed by atoms with Crippen LogP contribution in [0.5, 0.6) is 0 Å². The van der Waals surface area contributed by atoms with Crippen LogP contribution in [0, 0.1) is 0 Å². The van der Waals surface area contributed by atoms with E-state index in [2.05, 4.69) is 41.6 Å². The molecule has 1 atom stereocenters. The van der Waals surface area contributed by atoms with Crippen molar-refractivity contribution in [3.63, 3.8) is 0 Å². The van der Waals surface area contributed by atoms with E-state index in [1.807, 2.05) is 16.4 Å². The summed E-state index contributed by atoms with van der Waals surface area (Å²) in [5.74, 6) is 3.36. The molecule has 6 heteroatoms. The Morgan fingerprint density at radius 3 is 2.94 bits per heavy atom. The summed E-state index contributed by atoms with van der Waals surface area (Å²) < 4.78 is 2.00. The number of tetrazole rings is 1. The Morgan fingerprint density at radius 2 is 2.29 bits per heavy atom. The lowest BCUT2D eigenvalue weighted by Gasteiger charge is -2.24. The Bertz CT molecular complexity index is 351. The third-order valence-corrected chi connectivity index (χ3v) is 4.02. The van der Waals surface area contributed by atoms with Crippen LogP contribution in [-0.2, 0) is 6.54 Å². The second-order valence-electron chi connectivity index (χ2n) is 5.51.